The van der Waals surface area contributed by atoms with Crippen LogP contribution in [-0.4, -0.2) is 38.2 Å². The van der Waals surface area contributed by atoms with Crippen molar-refractivity contribution in [2.24, 2.45) is 0 Å². The quantitative estimate of drug-likeness (QED) is 0.245. The summed E-state index contributed by atoms with van der Waals surface area (Å²) in [6.45, 7) is 0. The third-order valence-electron chi connectivity index (χ3n) is 6.25. The number of benzene rings is 3. The number of anilines is 2. The molecule has 0 spiro atoms. The molecule has 0 fully saturated rings. The van der Waals surface area contributed by atoms with Gasteiger partial charge in [-0.2, -0.15) is 0 Å². The summed E-state index contributed by atoms with van der Waals surface area (Å²) in [6.07, 6.45) is 8.31. The van der Waals surface area contributed by atoms with E-state index >= 15 is 0 Å². The molecule has 0 amide bonds. The summed E-state index contributed by atoms with van der Waals surface area (Å²) >= 11 is 0. The predicted octanol–water partition coefficient (Wildman–Crippen LogP) is 7.26. The molecule has 0 radical (unpaired) electrons. The van der Waals surface area contributed by atoms with Crippen molar-refractivity contribution in [3.8, 4) is 0 Å². The molecule has 0 saturated carbocycles. The number of hydrogen-bond donors (Lipinski definition) is 0. The molecule has 0 aliphatic carbocycles. The van der Waals surface area contributed by atoms with Gasteiger partial charge in [0.15, 0.2) is 0 Å². The summed E-state index contributed by atoms with van der Waals surface area (Å²) in [6, 6.07) is 29.6. The van der Waals surface area contributed by atoms with Gasteiger partial charge in [0, 0.05) is 50.3 Å². The fraction of sp³-hybridized carbons (Fsp3) is 0.125. The predicted molar refractivity (Wildman–Crippen MR) is 156 cm³/mol. The van der Waals surface area contributed by atoms with Crippen LogP contribution in [0.15, 0.2) is 84.9 Å². The number of rotatable bonds is 6. The van der Waals surface area contributed by atoms with Crippen LogP contribution in [0.2, 0.25) is 0 Å². The molecular formula is C32H30N4. The SMILES string of the molecule is CN(C)c1ccc(/C=C/c2ccc3cc4ccc(/C=C/c5ccc(N(C)C)cc5)nc4cc3n2)cc1. The van der Waals surface area contributed by atoms with E-state index in [1.165, 1.54) is 11.4 Å². The molecule has 178 valence electrons. The van der Waals surface area contributed by atoms with Crippen molar-refractivity contribution in [3.63, 3.8) is 0 Å². The summed E-state index contributed by atoms with van der Waals surface area (Å²) < 4.78 is 0. The van der Waals surface area contributed by atoms with Crippen molar-refractivity contribution in [2.75, 3.05) is 38.0 Å². The largest absolute Gasteiger partial charge is 0.378 e. The zero-order chi connectivity index (χ0) is 25.1. The van der Waals surface area contributed by atoms with Crippen LogP contribution in [0, 0.1) is 0 Å². The van der Waals surface area contributed by atoms with E-state index in [0.29, 0.717) is 0 Å². The maximum Gasteiger partial charge on any atom is 0.0731 e. The first-order chi connectivity index (χ1) is 17.4. The smallest absolute Gasteiger partial charge is 0.0731 e. The van der Waals surface area contributed by atoms with Gasteiger partial charge >= 0.3 is 0 Å². The van der Waals surface area contributed by atoms with E-state index in [4.69, 9.17) is 9.97 Å². The Bertz CT molecular complexity index is 1440. The van der Waals surface area contributed by atoms with Crippen LogP contribution in [0.25, 0.3) is 46.1 Å². The van der Waals surface area contributed by atoms with Crippen LogP contribution in [0.1, 0.15) is 22.5 Å². The topological polar surface area (TPSA) is 32.3 Å². The Labute approximate surface area is 212 Å². The third-order valence-corrected chi connectivity index (χ3v) is 6.25. The average molecular weight is 471 g/mol. The van der Waals surface area contributed by atoms with Gasteiger partial charge in [-0.25, -0.2) is 9.97 Å². The Kier molecular flexibility index (Phi) is 6.50. The highest BCUT2D eigenvalue weighted by Crippen LogP contribution is 2.23. The molecule has 2 aromatic heterocycles. The lowest BCUT2D eigenvalue weighted by Crippen LogP contribution is -2.07. The molecule has 0 aliphatic rings. The van der Waals surface area contributed by atoms with Gasteiger partial charge in [0.1, 0.15) is 0 Å². The lowest BCUT2D eigenvalue weighted by atomic mass is 10.1. The molecule has 4 heteroatoms. The van der Waals surface area contributed by atoms with Crippen LogP contribution in [0.3, 0.4) is 0 Å². The van der Waals surface area contributed by atoms with Crippen molar-refractivity contribution in [3.05, 3.63) is 107 Å². The van der Waals surface area contributed by atoms with E-state index < -0.39 is 0 Å². The van der Waals surface area contributed by atoms with Crippen molar-refractivity contribution >= 4 is 57.5 Å². The van der Waals surface area contributed by atoms with Crippen molar-refractivity contribution in [1.29, 1.82) is 0 Å². The molecule has 0 bridgehead atoms. The third kappa shape index (κ3) is 5.28. The molecule has 0 aliphatic heterocycles. The molecule has 4 nitrogen and oxygen atoms in total. The van der Waals surface area contributed by atoms with Gasteiger partial charge in [-0.3, -0.25) is 0 Å². The van der Waals surface area contributed by atoms with Crippen LogP contribution in [0.5, 0.6) is 0 Å². The van der Waals surface area contributed by atoms with Crippen LogP contribution >= 0.6 is 0 Å². The van der Waals surface area contributed by atoms with Gasteiger partial charge in [-0.1, -0.05) is 48.6 Å². The minimum Gasteiger partial charge on any atom is -0.378 e. The fourth-order valence-electron chi connectivity index (χ4n) is 4.09. The Balaban J connectivity index is 1.39. The van der Waals surface area contributed by atoms with E-state index in [9.17, 15) is 0 Å². The van der Waals surface area contributed by atoms with Gasteiger partial charge in [0.05, 0.1) is 22.4 Å². The van der Waals surface area contributed by atoms with E-state index in [1.54, 1.807) is 0 Å². The Morgan fingerprint density at radius 1 is 0.472 bits per heavy atom. The number of hydrogen-bond acceptors (Lipinski definition) is 4. The standard InChI is InChI=1S/C32H30N4/c1-35(2)29-17-7-23(8-18-29)5-13-27-15-11-25-21-26-12-16-28(34-32(26)22-31(25)33-27)14-6-24-9-19-30(20-10-24)36(3)4/h5-22H,1-4H3/b13-5+,14-6+. The lowest BCUT2D eigenvalue weighted by molar-refractivity contribution is 1.13. The summed E-state index contributed by atoms with van der Waals surface area (Å²) in [5.74, 6) is 0. The Hall–Kier alpha value is -4.44. The molecule has 2 heterocycles. The van der Waals surface area contributed by atoms with E-state index in [0.717, 1.165) is 44.3 Å². The minimum atomic E-state index is 0.927. The zero-order valence-corrected chi connectivity index (χ0v) is 21.2. The summed E-state index contributed by atoms with van der Waals surface area (Å²) in [4.78, 5) is 13.9. The number of aromatic nitrogens is 2. The van der Waals surface area contributed by atoms with E-state index in [1.807, 2.05) is 28.2 Å². The first kappa shape index (κ1) is 23.3. The maximum atomic E-state index is 4.87. The maximum absolute atomic E-state index is 4.87. The lowest BCUT2D eigenvalue weighted by Gasteiger charge is -2.11. The van der Waals surface area contributed by atoms with E-state index in [2.05, 4.69) is 119 Å². The van der Waals surface area contributed by atoms with E-state index in [-0.39, 0.29) is 0 Å². The Morgan fingerprint density at radius 3 is 1.28 bits per heavy atom. The molecule has 0 unspecified atom stereocenters. The Morgan fingerprint density at radius 2 is 0.889 bits per heavy atom. The van der Waals surface area contributed by atoms with Crippen molar-refractivity contribution in [2.45, 2.75) is 0 Å². The first-order valence-electron chi connectivity index (χ1n) is 12.1. The van der Waals surface area contributed by atoms with Crippen LogP contribution < -0.4 is 9.80 Å². The van der Waals surface area contributed by atoms with Gasteiger partial charge in [-0.15, -0.1) is 0 Å². The number of pyridine rings is 2. The van der Waals surface area contributed by atoms with Gasteiger partial charge in [-0.05, 0) is 71.8 Å². The summed E-state index contributed by atoms with van der Waals surface area (Å²) in [5, 5.41) is 2.22. The molecule has 5 rings (SSSR count). The van der Waals surface area contributed by atoms with Crippen molar-refractivity contribution < 1.29 is 0 Å². The second-order valence-corrected chi connectivity index (χ2v) is 9.35. The molecule has 3 aromatic carbocycles. The first-order valence-corrected chi connectivity index (χ1v) is 12.1. The molecular weight excluding hydrogens is 440 g/mol. The normalized spacial score (nSPS) is 11.7. The second-order valence-electron chi connectivity index (χ2n) is 9.35. The summed E-state index contributed by atoms with van der Waals surface area (Å²) in [5.41, 5.74) is 8.41. The van der Waals surface area contributed by atoms with Gasteiger partial charge in [0.2, 0.25) is 0 Å². The highest BCUT2D eigenvalue weighted by Gasteiger charge is 2.03. The molecule has 5 aromatic rings. The monoisotopic (exact) mass is 470 g/mol. The molecule has 36 heavy (non-hydrogen) atoms. The highest BCUT2D eigenvalue weighted by atomic mass is 15.1. The molecule has 0 atom stereocenters. The van der Waals surface area contributed by atoms with Crippen LogP contribution in [0.4, 0.5) is 11.4 Å². The fourth-order valence-corrected chi connectivity index (χ4v) is 4.09. The van der Waals surface area contributed by atoms with Crippen molar-refractivity contribution in [1.82, 2.24) is 9.97 Å². The van der Waals surface area contributed by atoms with Crippen LogP contribution in [-0.2, 0) is 0 Å². The highest BCUT2D eigenvalue weighted by molar-refractivity contribution is 5.95. The zero-order valence-electron chi connectivity index (χ0n) is 21.2. The summed E-state index contributed by atoms with van der Waals surface area (Å²) in [7, 11) is 8.19. The number of fused-ring (bicyclic) bond motifs is 2. The second kappa shape index (κ2) is 10.0. The number of nitrogens with zero attached hydrogens (tertiary/aromatic N) is 4. The molecule has 0 N–H and O–H groups in total. The molecule has 0 saturated heterocycles. The van der Waals surface area contributed by atoms with Gasteiger partial charge in [0.25, 0.3) is 0 Å². The minimum absolute atomic E-state index is 0.927. The van der Waals surface area contributed by atoms with Gasteiger partial charge < -0.3 is 9.80 Å². The average Bonchev–Trinajstić information content (AvgIpc) is 2.89.